The number of fused-ring (bicyclic) bond motifs is 1. The van der Waals surface area contributed by atoms with E-state index in [0.29, 0.717) is 6.54 Å². The summed E-state index contributed by atoms with van der Waals surface area (Å²) in [4.78, 5) is 11.7. The Morgan fingerprint density at radius 1 is 1.54 bits per heavy atom. The average Bonchev–Trinajstić information content (AvgIpc) is 2.45. The van der Waals surface area contributed by atoms with E-state index in [2.05, 4.69) is 10.4 Å². The second kappa shape index (κ2) is 2.99. The van der Waals surface area contributed by atoms with Crippen LogP contribution < -0.4 is 11.0 Å². The summed E-state index contributed by atoms with van der Waals surface area (Å²) in [7, 11) is 0. The number of hydrogen-bond donors (Lipinski definition) is 1. The first-order chi connectivity index (χ1) is 6.20. The summed E-state index contributed by atoms with van der Waals surface area (Å²) in [5, 5.41) is 7.44. The molecule has 72 valence electrons. The second-order valence-electron chi connectivity index (χ2n) is 3.57. The molecule has 1 aromatic heterocycles. The summed E-state index contributed by atoms with van der Waals surface area (Å²) in [6.07, 6.45) is 0. The van der Waals surface area contributed by atoms with Gasteiger partial charge in [-0.05, 0) is 13.8 Å². The third-order valence-corrected chi connectivity index (χ3v) is 2.25. The third-order valence-electron chi connectivity index (χ3n) is 2.25. The van der Waals surface area contributed by atoms with Crippen LogP contribution in [0, 0.1) is 0 Å². The molecule has 2 heterocycles. The molecule has 1 N–H and O–H groups in total. The van der Waals surface area contributed by atoms with Crippen LogP contribution in [-0.2, 0) is 13.1 Å². The Kier molecular flexibility index (Phi) is 1.95. The Labute approximate surface area is 76.4 Å². The van der Waals surface area contributed by atoms with Crippen LogP contribution >= 0.6 is 0 Å². The Balaban J connectivity index is 2.51. The molecule has 0 spiro atoms. The molecule has 0 unspecified atom stereocenters. The number of hydrogen-bond acceptors (Lipinski definition) is 3. The van der Waals surface area contributed by atoms with Gasteiger partial charge in [0.1, 0.15) is 5.82 Å². The monoisotopic (exact) mass is 182 g/mol. The zero-order valence-electron chi connectivity index (χ0n) is 7.95. The molecule has 0 aromatic carbocycles. The molecule has 0 saturated heterocycles. The fraction of sp³-hybridized carbons (Fsp3) is 0.750. The normalized spacial score (nSPS) is 16.2. The molecule has 0 saturated carbocycles. The molecular weight excluding hydrogens is 168 g/mol. The number of nitrogens with zero attached hydrogens (tertiary/aromatic N) is 3. The maximum absolute atomic E-state index is 11.7. The Morgan fingerprint density at radius 3 is 2.92 bits per heavy atom. The summed E-state index contributed by atoms with van der Waals surface area (Å²) in [6.45, 7) is 6.23. The van der Waals surface area contributed by atoms with Gasteiger partial charge in [0.2, 0.25) is 0 Å². The van der Waals surface area contributed by atoms with Gasteiger partial charge in [-0.25, -0.2) is 9.48 Å². The summed E-state index contributed by atoms with van der Waals surface area (Å²) in [5.74, 6) is 0.852. The van der Waals surface area contributed by atoms with Crippen molar-refractivity contribution in [2.45, 2.75) is 33.0 Å². The predicted molar refractivity (Wildman–Crippen MR) is 48.6 cm³/mol. The van der Waals surface area contributed by atoms with Crippen molar-refractivity contribution in [2.75, 3.05) is 6.54 Å². The standard InChI is InChI=1S/C8H14N4O/c1-6(2)12-8(13)11-4-3-9-5-7(11)10-12/h6,9H,3-5H2,1-2H3. The summed E-state index contributed by atoms with van der Waals surface area (Å²) >= 11 is 0. The predicted octanol–water partition coefficient (Wildman–Crippen LogP) is -0.271. The minimum absolute atomic E-state index is 0.0199. The van der Waals surface area contributed by atoms with Crippen LogP contribution in [0.3, 0.4) is 0 Å². The Bertz CT molecular complexity index is 363. The highest BCUT2D eigenvalue weighted by molar-refractivity contribution is 4.91. The van der Waals surface area contributed by atoms with E-state index in [4.69, 9.17) is 0 Å². The molecule has 0 amide bonds. The number of aromatic nitrogens is 3. The van der Waals surface area contributed by atoms with Crippen LogP contribution in [0.2, 0.25) is 0 Å². The molecule has 0 atom stereocenters. The van der Waals surface area contributed by atoms with E-state index in [9.17, 15) is 4.79 Å². The second-order valence-corrected chi connectivity index (χ2v) is 3.57. The SMILES string of the molecule is CC(C)n1nc2n(c1=O)CCNC2. The molecule has 1 aliphatic rings. The molecule has 0 bridgehead atoms. The van der Waals surface area contributed by atoms with Crippen molar-refractivity contribution in [1.82, 2.24) is 19.7 Å². The van der Waals surface area contributed by atoms with E-state index < -0.39 is 0 Å². The molecule has 0 aliphatic carbocycles. The van der Waals surface area contributed by atoms with Crippen molar-refractivity contribution in [1.29, 1.82) is 0 Å². The molecule has 0 radical (unpaired) electrons. The van der Waals surface area contributed by atoms with E-state index in [1.807, 2.05) is 13.8 Å². The largest absolute Gasteiger partial charge is 0.346 e. The summed E-state index contributed by atoms with van der Waals surface area (Å²) in [5.41, 5.74) is 0.0199. The van der Waals surface area contributed by atoms with Crippen LogP contribution in [0.1, 0.15) is 25.7 Å². The molecule has 0 fully saturated rings. The molecular formula is C8H14N4O. The van der Waals surface area contributed by atoms with Gasteiger partial charge in [0.05, 0.1) is 12.6 Å². The lowest BCUT2D eigenvalue weighted by molar-refractivity contribution is 0.493. The van der Waals surface area contributed by atoms with Gasteiger partial charge >= 0.3 is 5.69 Å². The van der Waals surface area contributed by atoms with Gasteiger partial charge in [0.25, 0.3) is 0 Å². The number of nitrogens with one attached hydrogen (secondary N) is 1. The minimum atomic E-state index is 0.0199. The quantitative estimate of drug-likeness (QED) is 0.650. The van der Waals surface area contributed by atoms with Gasteiger partial charge in [-0.2, -0.15) is 5.10 Å². The van der Waals surface area contributed by atoms with Gasteiger partial charge in [-0.15, -0.1) is 0 Å². The van der Waals surface area contributed by atoms with Crippen molar-refractivity contribution in [2.24, 2.45) is 0 Å². The van der Waals surface area contributed by atoms with E-state index in [0.717, 1.165) is 18.9 Å². The van der Waals surface area contributed by atoms with E-state index in [-0.39, 0.29) is 11.7 Å². The maximum Gasteiger partial charge on any atom is 0.346 e. The average molecular weight is 182 g/mol. The first-order valence-corrected chi connectivity index (χ1v) is 4.59. The van der Waals surface area contributed by atoms with Crippen molar-refractivity contribution in [3.05, 3.63) is 16.3 Å². The highest BCUT2D eigenvalue weighted by Gasteiger charge is 2.16. The van der Waals surface area contributed by atoms with E-state index in [1.165, 1.54) is 0 Å². The first-order valence-electron chi connectivity index (χ1n) is 4.59. The summed E-state index contributed by atoms with van der Waals surface area (Å²) in [6, 6.07) is 0.144. The molecule has 5 nitrogen and oxygen atoms in total. The molecule has 1 aromatic rings. The van der Waals surface area contributed by atoms with Gasteiger partial charge in [-0.1, -0.05) is 0 Å². The van der Waals surface area contributed by atoms with Crippen LogP contribution in [0.4, 0.5) is 0 Å². The topological polar surface area (TPSA) is 51.9 Å². The van der Waals surface area contributed by atoms with Crippen molar-refractivity contribution < 1.29 is 0 Å². The van der Waals surface area contributed by atoms with Gasteiger partial charge in [-0.3, -0.25) is 4.57 Å². The van der Waals surface area contributed by atoms with E-state index >= 15 is 0 Å². The lowest BCUT2D eigenvalue weighted by atomic mass is 10.4. The minimum Gasteiger partial charge on any atom is -0.308 e. The van der Waals surface area contributed by atoms with Crippen molar-refractivity contribution in [3.63, 3.8) is 0 Å². The van der Waals surface area contributed by atoms with Crippen molar-refractivity contribution >= 4 is 0 Å². The lowest BCUT2D eigenvalue weighted by Crippen LogP contribution is -2.34. The van der Waals surface area contributed by atoms with Crippen LogP contribution in [0.25, 0.3) is 0 Å². The van der Waals surface area contributed by atoms with Gasteiger partial charge < -0.3 is 5.32 Å². The maximum atomic E-state index is 11.7. The molecule has 13 heavy (non-hydrogen) atoms. The fourth-order valence-corrected chi connectivity index (χ4v) is 1.54. The smallest absolute Gasteiger partial charge is 0.308 e. The third kappa shape index (κ3) is 1.29. The van der Waals surface area contributed by atoms with Crippen LogP contribution in [0.15, 0.2) is 4.79 Å². The summed E-state index contributed by atoms with van der Waals surface area (Å²) < 4.78 is 3.29. The molecule has 2 rings (SSSR count). The van der Waals surface area contributed by atoms with Gasteiger partial charge in [0.15, 0.2) is 0 Å². The van der Waals surface area contributed by atoms with Crippen LogP contribution in [0.5, 0.6) is 0 Å². The van der Waals surface area contributed by atoms with E-state index in [1.54, 1.807) is 9.25 Å². The zero-order valence-corrected chi connectivity index (χ0v) is 7.95. The molecule has 5 heteroatoms. The highest BCUT2D eigenvalue weighted by Crippen LogP contribution is 2.02. The Hall–Kier alpha value is -1.10. The van der Waals surface area contributed by atoms with Crippen LogP contribution in [-0.4, -0.2) is 20.9 Å². The molecule has 1 aliphatic heterocycles. The first kappa shape index (κ1) is 8.50. The van der Waals surface area contributed by atoms with Crippen molar-refractivity contribution in [3.8, 4) is 0 Å². The lowest BCUT2D eigenvalue weighted by Gasteiger charge is -2.11. The Morgan fingerprint density at radius 2 is 2.31 bits per heavy atom. The van der Waals surface area contributed by atoms with Gasteiger partial charge in [0, 0.05) is 13.1 Å². The number of rotatable bonds is 1. The highest BCUT2D eigenvalue weighted by atomic mass is 16.2. The fourth-order valence-electron chi connectivity index (χ4n) is 1.54. The zero-order chi connectivity index (χ0) is 9.42.